The van der Waals surface area contributed by atoms with Gasteiger partial charge in [0.1, 0.15) is 0 Å². The van der Waals surface area contributed by atoms with Gasteiger partial charge in [-0.1, -0.05) is 38.5 Å². The molecule has 16 heavy (non-hydrogen) atoms. The van der Waals surface area contributed by atoms with Gasteiger partial charge in [0.25, 0.3) is 0 Å². The van der Waals surface area contributed by atoms with Crippen molar-refractivity contribution >= 4 is 7.12 Å². The van der Waals surface area contributed by atoms with E-state index in [9.17, 15) is 0 Å². The highest BCUT2D eigenvalue weighted by Gasteiger charge is 2.24. The van der Waals surface area contributed by atoms with Crippen molar-refractivity contribution < 1.29 is 9.31 Å². The van der Waals surface area contributed by atoms with Crippen LogP contribution in [-0.2, 0) is 9.31 Å². The summed E-state index contributed by atoms with van der Waals surface area (Å²) in [7, 11) is 0.00574. The molecule has 0 spiro atoms. The Morgan fingerprint density at radius 2 is 1.06 bits per heavy atom. The highest BCUT2D eigenvalue weighted by Crippen LogP contribution is 2.24. The first-order valence-electron chi connectivity index (χ1n) is 7.15. The van der Waals surface area contributed by atoms with Crippen LogP contribution in [0.5, 0.6) is 0 Å². The molecule has 0 atom stereocenters. The first kappa shape index (κ1) is 12.4. The standard InChI is InChI=1S/C13H25BO2/c1-14(15-12-8-4-2-5-9-12)16-13-10-6-3-7-11-13/h12-13H,2-11H2,1H3. The molecule has 2 aliphatic rings. The molecule has 2 rings (SSSR count). The van der Waals surface area contributed by atoms with Crippen LogP contribution in [0.3, 0.4) is 0 Å². The zero-order valence-electron chi connectivity index (χ0n) is 10.6. The molecule has 0 bridgehead atoms. The smallest absolute Gasteiger partial charge is 0.409 e. The zero-order valence-corrected chi connectivity index (χ0v) is 10.6. The third-order valence-electron chi connectivity index (χ3n) is 3.87. The second-order valence-electron chi connectivity index (χ2n) is 5.36. The van der Waals surface area contributed by atoms with Crippen LogP contribution < -0.4 is 0 Å². The molecule has 2 nitrogen and oxygen atoms in total. The molecule has 0 radical (unpaired) electrons. The van der Waals surface area contributed by atoms with Crippen molar-refractivity contribution in [1.82, 2.24) is 0 Å². The molecule has 0 aromatic heterocycles. The van der Waals surface area contributed by atoms with E-state index in [4.69, 9.17) is 9.31 Å². The molecule has 0 amide bonds. The van der Waals surface area contributed by atoms with Crippen LogP contribution in [0.15, 0.2) is 0 Å². The van der Waals surface area contributed by atoms with Crippen molar-refractivity contribution in [3.8, 4) is 0 Å². The van der Waals surface area contributed by atoms with E-state index in [1.165, 1.54) is 64.2 Å². The molecule has 92 valence electrons. The predicted octanol–water partition coefficient (Wildman–Crippen LogP) is 3.80. The van der Waals surface area contributed by atoms with Gasteiger partial charge in [-0.3, -0.25) is 0 Å². The molecule has 0 aromatic carbocycles. The lowest BCUT2D eigenvalue weighted by molar-refractivity contribution is 0.0691. The second-order valence-corrected chi connectivity index (χ2v) is 5.36. The van der Waals surface area contributed by atoms with E-state index in [0.29, 0.717) is 12.2 Å². The Hall–Kier alpha value is -0.0151. The van der Waals surface area contributed by atoms with E-state index in [1.807, 2.05) is 0 Å². The summed E-state index contributed by atoms with van der Waals surface area (Å²) in [6.07, 6.45) is 14.0. The SMILES string of the molecule is CB(OC1CCCCC1)OC1CCCCC1. The largest absolute Gasteiger partial charge is 0.453 e. The fourth-order valence-corrected chi connectivity index (χ4v) is 2.98. The predicted molar refractivity (Wildman–Crippen MR) is 67.5 cm³/mol. The van der Waals surface area contributed by atoms with Gasteiger partial charge < -0.3 is 9.31 Å². The minimum absolute atomic E-state index is 0.00574. The first-order chi connectivity index (χ1) is 7.84. The van der Waals surface area contributed by atoms with Gasteiger partial charge in [-0.25, -0.2) is 0 Å². The quantitative estimate of drug-likeness (QED) is 0.676. The van der Waals surface area contributed by atoms with E-state index >= 15 is 0 Å². The Labute approximate surface area is 100 Å². The summed E-state index contributed by atoms with van der Waals surface area (Å²) in [5, 5.41) is 0. The molecular formula is C13H25BO2. The van der Waals surface area contributed by atoms with Gasteiger partial charge in [0, 0.05) is 12.2 Å². The molecule has 0 saturated heterocycles. The van der Waals surface area contributed by atoms with Crippen LogP contribution >= 0.6 is 0 Å². The van der Waals surface area contributed by atoms with Crippen molar-refractivity contribution in [1.29, 1.82) is 0 Å². The maximum absolute atomic E-state index is 5.97. The van der Waals surface area contributed by atoms with Crippen molar-refractivity contribution in [2.75, 3.05) is 0 Å². The minimum Gasteiger partial charge on any atom is -0.409 e. The van der Waals surface area contributed by atoms with Crippen LogP contribution in [0.1, 0.15) is 64.2 Å². The van der Waals surface area contributed by atoms with Gasteiger partial charge in [-0.2, -0.15) is 0 Å². The molecular weight excluding hydrogens is 199 g/mol. The van der Waals surface area contributed by atoms with Crippen LogP contribution in [-0.4, -0.2) is 19.3 Å². The summed E-state index contributed by atoms with van der Waals surface area (Å²) < 4.78 is 11.9. The number of hydrogen-bond acceptors (Lipinski definition) is 2. The second kappa shape index (κ2) is 6.66. The van der Waals surface area contributed by atoms with E-state index in [0.717, 1.165) is 0 Å². The molecule has 2 fully saturated rings. The Balaban J connectivity index is 1.64. The van der Waals surface area contributed by atoms with Crippen molar-refractivity contribution in [3.63, 3.8) is 0 Å². The lowest BCUT2D eigenvalue weighted by Crippen LogP contribution is -2.32. The summed E-state index contributed by atoms with van der Waals surface area (Å²) >= 11 is 0. The molecule has 0 unspecified atom stereocenters. The highest BCUT2D eigenvalue weighted by molar-refractivity contribution is 6.42. The summed E-state index contributed by atoms with van der Waals surface area (Å²) in [6.45, 7) is 2.07. The van der Waals surface area contributed by atoms with E-state index in [-0.39, 0.29) is 7.12 Å². The summed E-state index contributed by atoms with van der Waals surface area (Å²) in [5.41, 5.74) is 0. The van der Waals surface area contributed by atoms with Gasteiger partial charge in [-0.05, 0) is 32.5 Å². The molecule has 2 saturated carbocycles. The lowest BCUT2D eigenvalue weighted by Gasteiger charge is -2.28. The molecule has 0 aromatic rings. The Kier molecular flexibility index (Phi) is 5.18. The fraction of sp³-hybridized carbons (Fsp3) is 1.00. The van der Waals surface area contributed by atoms with Gasteiger partial charge in [0.05, 0.1) is 0 Å². The van der Waals surface area contributed by atoms with E-state index in [1.54, 1.807) is 0 Å². The lowest BCUT2D eigenvalue weighted by atomic mass is 9.88. The van der Waals surface area contributed by atoms with Gasteiger partial charge in [-0.15, -0.1) is 0 Å². The summed E-state index contributed by atoms with van der Waals surface area (Å²) in [5.74, 6) is 0. The monoisotopic (exact) mass is 224 g/mol. The Morgan fingerprint density at radius 3 is 1.44 bits per heavy atom. The Morgan fingerprint density at radius 1 is 0.688 bits per heavy atom. The van der Waals surface area contributed by atoms with Gasteiger partial charge in [0.2, 0.25) is 0 Å². The van der Waals surface area contributed by atoms with Gasteiger partial charge in [0.15, 0.2) is 0 Å². The van der Waals surface area contributed by atoms with Crippen LogP contribution in [0.4, 0.5) is 0 Å². The van der Waals surface area contributed by atoms with Gasteiger partial charge >= 0.3 is 7.12 Å². The fourth-order valence-electron chi connectivity index (χ4n) is 2.98. The number of rotatable bonds is 4. The normalized spacial score (nSPS) is 24.6. The van der Waals surface area contributed by atoms with Crippen LogP contribution in [0, 0.1) is 0 Å². The zero-order chi connectivity index (χ0) is 11.2. The van der Waals surface area contributed by atoms with Crippen LogP contribution in [0.25, 0.3) is 0 Å². The van der Waals surface area contributed by atoms with Crippen molar-refractivity contribution in [3.05, 3.63) is 0 Å². The third kappa shape index (κ3) is 4.10. The van der Waals surface area contributed by atoms with Crippen molar-refractivity contribution in [2.45, 2.75) is 83.2 Å². The third-order valence-corrected chi connectivity index (χ3v) is 3.87. The molecule has 0 aliphatic heterocycles. The summed E-state index contributed by atoms with van der Waals surface area (Å²) in [6, 6.07) is 0. The van der Waals surface area contributed by atoms with E-state index < -0.39 is 0 Å². The summed E-state index contributed by atoms with van der Waals surface area (Å²) in [4.78, 5) is 0. The molecule has 2 aliphatic carbocycles. The highest BCUT2D eigenvalue weighted by atomic mass is 16.6. The van der Waals surface area contributed by atoms with Crippen molar-refractivity contribution in [2.24, 2.45) is 0 Å². The average Bonchev–Trinajstić information content (AvgIpc) is 2.31. The first-order valence-corrected chi connectivity index (χ1v) is 7.15. The Bertz CT molecular complexity index is 166. The number of hydrogen-bond donors (Lipinski definition) is 0. The average molecular weight is 224 g/mol. The molecule has 0 heterocycles. The maximum Gasteiger partial charge on any atom is 0.453 e. The van der Waals surface area contributed by atoms with E-state index in [2.05, 4.69) is 6.82 Å². The maximum atomic E-state index is 5.97. The molecule has 0 N–H and O–H groups in total. The van der Waals surface area contributed by atoms with Crippen LogP contribution in [0.2, 0.25) is 6.82 Å². The molecule has 3 heteroatoms. The minimum atomic E-state index is 0.00574. The topological polar surface area (TPSA) is 18.5 Å².